The molecule has 126 valence electrons. The molecule has 4 rings (SSSR count). The van der Waals surface area contributed by atoms with Gasteiger partial charge in [-0.3, -0.25) is 4.90 Å². The second-order valence-corrected chi connectivity index (χ2v) is 6.96. The average molecular weight is 321 g/mol. The fourth-order valence-electron chi connectivity index (χ4n) is 3.86. The van der Waals surface area contributed by atoms with E-state index in [0.29, 0.717) is 0 Å². The van der Waals surface area contributed by atoms with E-state index in [0.717, 1.165) is 32.7 Å². The summed E-state index contributed by atoms with van der Waals surface area (Å²) in [5, 5.41) is 0. The zero-order chi connectivity index (χ0) is 16.2. The van der Waals surface area contributed by atoms with Crippen LogP contribution < -0.4 is 9.80 Å². The molecule has 0 aliphatic carbocycles. The van der Waals surface area contributed by atoms with E-state index < -0.39 is 0 Å². The van der Waals surface area contributed by atoms with E-state index in [1.165, 1.54) is 42.9 Å². The van der Waals surface area contributed by atoms with Crippen LogP contribution in [0.3, 0.4) is 0 Å². The van der Waals surface area contributed by atoms with Crippen molar-refractivity contribution in [2.45, 2.75) is 19.4 Å². The maximum Gasteiger partial charge on any atom is 0.0368 e. The standard InChI is InChI=1S/C21H27N3/c1-2-6-19(7-3-1)18-22-14-16-24(17-15-22)21-10-8-20(9-11-21)23-12-4-5-13-23/h1-3,6-11H,4-5,12-18H2. The smallest absolute Gasteiger partial charge is 0.0368 e. The lowest BCUT2D eigenvalue weighted by Gasteiger charge is -2.36. The lowest BCUT2D eigenvalue weighted by atomic mass is 10.2. The molecule has 0 unspecified atom stereocenters. The molecule has 0 spiro atoms. The number of piperazine rings is 1. The summed E-state index contributed by atoms with van der Waals surface area (Å²) in [5.74, 6) is 0. The summed E-state index contributed by atoms with van der Waals surface area (Å²) in [6, 6.07) is 20.0. The molecule has 0 aromatic heterocycles. The van der Waals surface area contributed by atoms with Crippen molar-refractivity contribution in [1.29, 1.82) is 0 Å². The molecule has 2 aliphatic heterocycles. The highest BCUT2D eigenvalue weighted by molar-refractivity contribution is 5.57. The molecule has 0 radical (unpaired) electrons. The lowest BCUT2D eigenvalue weighted by Crippen LogP contribution is -2.45. The maximum atomic E-state index is 2.56. The predicted molar refractivity (Wildman–Crippen MR) is 102 cm³/mol. The summed E-state index contributed by atoms with van der Waals surface area (Å²) in [6.07, 6.45) is 2.68. The Morgan fingerprint density at radius 3 is 1.71 bits per heavy atom. The van der Waals surface area contributed by atoms with Gasteiger partial charge in [-0.25, -0.2) is 0 Å². The van der Waals surface area contributed by atoms with Crippen molar-refractivity contribution in [3.8, 4) is 0 Å². The Morgan fingerprint density at radius 2 is 1.12 bits per heavy atom. The first-order valence-corrected chi connectivity index (χ1v) is 9.25. The Kier molecular flexibility index (Phi) is 4.70. The zero-order valence-corrected chi connectivity index (χ0v) is 14.4. The van der Waals surface area contributed by atoms with Crippen molar-refractivity contribution in [1.82, 2.24) is 4.90 Å². The summed E-state index contributed by atoms with van der Waals surface area (Å²) >= 11 is 0. The van der Waals surface area contributed by atoms with Crippen molar-refractivity contribution < 1.29 is 0 Å². The molecule has 24 heavy (non-hydrogen) atoms. The third-order valence-corrected chi connectivity index (χ3v) is 5.31. The van der Waals surface area contributed by atoms with Gasteiger partial charge >= 0.3 is 0 Å². The molecule has 2 fully saturated rings. The molecule has 0 amide bonds. The highest BCUT2D eigenvalue weighted by Crippen LogP contribution is 2.24. The molecule has 0 atom stereocenters. The molecule has 0 bridgehead atoms. The van der Waals surface area contributed by atoms with Crippen molar-refractivity contribution in [3.05, 3.63) is 60.2 Å². The molecule has 2 heterocycles. The summed E-state index contributed by atoms with van der Waals surface area (Å²) < 4.78 is 0. The predicted octanol–water partition coefficient (Wildman–Crippen LogP) is 3.61. The van der Waals surface area contributed by atoms with Crippen LogP contribution in [0.2, 0.25) is 0 Å². The second-order valence-electron chi connectivity index (χ2n) is 6.96. The van der Waals surface area contributed by atoms with Gasteiger partial charge < -0.3 is 9.80 Å². The first kappa shape index (κ1) is 15.5. The second kappa shape index (κ2) is 7.27. The van der Waals surface area contributed by atoms with Crippen LogP contribution >= 0.6 is 0 Å². The minimum atomic E-state index is 1.07. The first-order chi connectivity index (χ1) is 11.9. The molecule has 2 aromatic rings. The van der Waals surface area contributed by atoms with E-state index in [2.05, 4.69) is 69.3 Å². The molecule has 0 saturated carbocycles. The van der Waals surface area contributed by atoms with Gasteiger partial charge in [-0.1, -0.05) is 30.3 Å². The number of anilines is 2. The van der Waals surface area contributed by atoms with E-state index in [1.807, 2.05) is 0 Å². The SMILES string of the molecule is c1ccc(CN2CCN(c3ccc(N4CCCC4)cc3)CC2)cc1. The topological polar surface area (TPSA) is 9.72 Å². The third-order valence-electron chi connectivity index (χ3n) is 5.31. The van der Waals surface area contributed by atoms with Crippen LogP contribution in [0.1, 0.15) is 18.4 Å². The van der Waals surface area contributed by atoms with Gasteiger partial charge in [-0.05, 0) is 42.7 Å². The van der Waals surface area contributed by atoms with Crippen molar-refractivity contribution in [3.63, 3.8) is 0 Å². The van der Waals surface area contributed by atoms with E-state index in [4.69, 9.17) is 0 Å². The molecule has 2 saturated heterocycles. The van der Waals surface area contributed by atoms with Crippen LogP contribution in [0.5, 0.6) is 0 Å². The summed E-state index contributed by atoms with van der Waals surface area (Å²) in [4.78, 5) is 7.58. The minimum absolute atomic E-state index is 1.07. The molecular weight excluding hydrogens is 294 g/mol. The maximum absolute atomic E-state index is 2.56. The van der Waals surface area contributed by atoms with Gasteiger partial charge in [-0.2, -0.15) is 0 Å². The van der Waals surface area contributed by atoms with Gasteiger partial charge in [0, 0.05) is 57.2 Å². The minimum Gasteiger partial charge on any atom is -0.372 e. The third kappa shape index (κ3) is 3.57. The Hall–Kier alpha value is -2.00. The lowest BCUT2D eigenvalue weighted by molar-refractivity contribution is 0.250. The fourth-order valence-corrected chi connectivity index (χ4v) is 3.86. The molecule has 2 aliphatic rings. The van der Waals surface area contributed by atoms with Crippen LogP contribution in [0.25, 0.3) is 0 Å². The highest BCUT2D eigenvalue weighted by atomic mass is 15.3. The van der Waals surface area contributed by atoms with Crippen molar-refractivity contribution in [2.24, 2.45) is 0 Å². The van der Waals surface area contributed by atoms with Crippen molar-refractivity contribution in [2.75, 3.05) is 49.1 Å². The van der Waals surface area contributed by atoms with E-state index >= 15 is 0 Å². The molecule has 2 aromatic carbocycles. The van der Waals surface area contributed by atoms with Gasteiger partial charge in [0.15, 0.2) is 0 Å². The number of hydrogen-bond acceptors (Lipinski definition) is 3. The molecule has 3 nitrogen and oxygen atoms in total. The van der Waals surface area contributed by atoms with Crippen LogP contribution in [-0.4, -0.2) is 44.2 Å². The van der Waals surface area contributed by atoms with Crippen LogP contribution in [0, 0.1) is 0 Å². The van der Waals surface area contributed by atoms with Gasteiger partial charge in [-0.15, -0.1) is 0 Å². The number of hydrogen-bond donors (Lipinski definition) is 0. The highest BCUT2D eigenvalue weighted by Gasteiger charge is 2.18. The fraction of sp³-hybridized carbons (Fsp3) is 0.429. The van der Waals surface area contributed by atoms with E-state index in [-0.39, 0.29) is 0 Å². The van der Waals surface area contributed by atoms with Gasteiger partial charge in [0.2, 0.25) is 0 Å². The summed E-state index contributed by atoms with van der Waals surface area (Å²) in [6.45, 7) is 8.04. The normalized spacial score (nSPS) is 19.0. The summed E-state index contributed by atoms with van der Waals surface area (Å²) in [5.41, 5.74) is 4.18. The zero-order valence-electron chi connectivity index (χ0n) is 14.4. The van der Waals surface area contributed by atoms with Crippen molar-refractivity contribution >= 4 is 11.4 Å². The number of benzene rings is 2. The van der Waals surface area contributed by atoms with Gasteiger partial charge in [0.05, 0.1) is 0 Å². The van der Waals surface area contributed by atoms with E-state index in [1.54, 1.807) is 0 Å². The molecule has 0 N–H and O–H groups in total. The molecule has 3 heteroatoms. The van der Waals surface area contributed by atoms with Gasteiger partial charge in [0.25, 0.3) is 0 Å². The van der Waals surface area contributed by atoms with E-state index in [9.17, 15) is 0 Å². The number of nitrogens with zero attached hydrogens (tertiary/aromatic N) is 3. The largest absolute Gasteiger partial charge is 0.372 e. The van der Waals surface area contributed by atoms with Gasteiger partial charge in [0.1, 0.15) is 0 Å². The van der Waals surface area contributed by atoms with Crippen LogP contribution in [0.4, 0.5) is 11.4 Å². The Balaban J connectivity index is 1.32. The average Bonchev–Trinajstić information content (AvgIpc) is 3.18. The summed E-state index contributed by atoms with van der Waals surface area (Å²) in [7, 11) is 0. The quantitative estimate of drug-likeness (QED) is 0.852. The molecular formula is C21H27N3. The first-order valence-electron chi connectivity index (χ1n) is 9.25. The Labute approximate surface area is 145 Å². The Morgan fingerprint density at radius 1 is 0.583 bits per heavy atom. The Bertz CT molecular complexity index is 624. The monoisotopic (exact) mass is 321 g/mol. The number of rotatable bonds is 4. The van der Waals surface area contributed by atoms with Crippen LogP contribution in [0.15, 0.2) is 54.6 Å². The van der Waals surface area contributed by atoms with Crippen LogP contribution in [-0.2, 0) is 6.54 Å².